The van der Waals surface area contributed by atoms with Crippen molar-refractivity contribution in [3.63, 3.8) is 0 Å². The Labute approximate surface area is 113 Å². The van der Waals surface area contributed by atoms with Crippen LogP contribution in [0.15, 0.2) is 29.2 Å². The summed E-state index contributed by atoms with van der Waals surface area (Å²) in [5.41, 5.74) is 0. The van der Waals surface area contributed by atoms with E-state index in [1.54, 1.807) is 0 Å². The molecule has 19 heavy (non-hydrogen) atoms. The van der Waals surface area contributed by atoms with Crippen LogP contribution in [0.4, 0.5) is 4.39 Å². The third-order valence-electron chi connectivity index (χ3n) is 3.78. The molecule has 1 aliphatic rings. The van der Waals surface area contributed by atoms with Gasteiger partial charge < -0.3 is 0 Å². The second kappa shape index (κ2) is 5.19. The molecular weight excluding hydrogens is 267 g/mol. The quantitative estimate of drug-likeness (QED) is 0.828. The number of rotatable bonds is 2. The lowest BCUT2D eigenvalue weighted by atomic mass is 10.1. The molecule has 2 unspecified atom stereocenters. The highest BCUT2D eigenvalue weighted by molar-refractivity contribution is 7.89. The molecule has 4 nitrogen and oxygen atoms in total. The van der Waals surface area contributed by atoms with Gasteiger partial charge in [0.2, 0.25) is 10.0 Å². The predicted octanol–water partition coefficient (Wildman–Crippen LogP) is 1.54. The highest BCUT2D eigenvalue weighted by Gasteiger charge is 2.34. The predicted molar refractivity (Wildman–Crippen MR) is 71.8 cm³/mol. The van der Waals surface area contributed by atoms with Gasteiger partial charge in [-0.1, -0.05) is 0 Å². The van der Waals surface area contributed by atoms with Crippen LogP contribution in [-0.2, 0) is 10.0 Å². The summed E-state index contributed by atoms with van der Waals surface area (Å²) in [5, 5.41) is 0. The monoisotopic (exact) mass is 286 g/mol. The number of nitrogens with zero attached hydrogens (tertiary/aromatic N) is 2. The van der Waals surface area contributed by atoms with E-state index in [2.05, 4.69) is 4.90 Å². The summed E-state index contributed by atoms with van der Waals surface area (Å²) in [5.74, 6) is -0.431. The fourth-order valence-corrected chi connectivity index (χ4v) is 3.91. The van der Waals surface area contributed by atoms with Crippen LogP contribution in [0.1, 0.15) is 13.8 Å². The maximum Gasteiger partial charge on any atom is 0.243 e. The molecule has 0 radical (unpaired) electrons. The Kier molecular flexibility index (Phi) is 3.94. The SMILES string of the molecule is CC1CN(S(=O)(=O)c2ccc(F)cc2)CC(C)N1C. The summed E-state index contributed by atoms with van der Waals surface area (Å²) >= 11 is 0. The molecule has 1 saturated heterocycles. The molecule has 1 heterocycles. The van der Waals surface area contributed by atoms with Gasteiger partial charge in [0.25, 0.3) is 0 Å². The van der Waals surface area contributed by atoms with Crippen molar-refractivity contribution in [2.45, 2.75) is 30.8 Å². The van der Waals surface area contributed by atoms with Gasteiger partial charge in [0, 0.05) is 25.2 Å². The minimum atomic E-state index is -3.53. The number of sulfonamides is 1. The zero-order valence-corrected chi connectivity index (χ0v) is 12.2. The standard InChI is InChI=1S/C13H19FN2O2S/c1-10-8-16(9-11(2)15(10)3)19(17,18)13-6-4-12(14)5-7-13/h4-7,10-11H,8-9H2,1-3H3. The first-order chi connectivity index (χ1) is 8.82. The third-order valence-corrected chi connectivity index (χ3v) is 5.62. The van der Waals surface area contributed by atoms with Crippen molar-refractivity contribution in [2.75, 3.05) is 20.1 Å². The number of hydrogen-bond acceptors (Lipinski definition) is 3. The average Bonchev–Trinajstić information content (AvgIpc) is 2.35. The lowest BCUT2D eigenvalue weighted by molar-refractivity contribution is 0.105. The molecule has 0 spiro atoms. The van der Waals surface area contributed by atoms with E-state index in [0.717, 1.165) is 0 Å². The highest BCUT2D eigenvalue weighted by Crippen LogP contribution is 2.22. The van der Waals surface area contributed by atoms with Gasteiger partial charge in [-0.05, 0) is 45.2 Å². The molecule has 0 N–H and O–H groups in total. The van der Waals surface area contributed by atoms with Crippen LogP contribution in [0.2, 0.25) is 0 Å². The molecule has 2 atom stereocenters. The van der Waals surface area contributed by atoms with E-state index in [1.807, 2.05) is 20.9 Å². The van der Waals surface area contributed by atoms with Gasteiger partial charge in [-0.2, -0.15) is 4.31 Å². The Morgan fingerprint density at radius 3 is 2.05 bits per heavy atom. The van der Waals surface area contributed by atoms with Gasteiger partial charge in [0.1, 0.15) is 5.82 Å². The zero-order chi connectivity index (χ0) is 14.2. The first-order valence-electron chi connectivity index (χ1n) is 6.30. The van der Waals surface area contributed by atoms with Crippen LogP contribution in [0.3, 0.4) is 0 Å². The van der Waals surface area contributed by atoms with E-state index in [-0.39, 0.29) is 17.0 Å². The second-order valence-electron chi connectivity index (χ2n) is 5.14. The molecule has 1 aromatic rings. The number of piperazine rings is 1. The summed E-state index contributed by atoms with van der Waals surface area (Å²) in [4.78, 5) is 2.31. The van der Waals surface area contributed by atoms with Gasteiger partial charge in [-0.15, -0.1) is 0 Å². The van der Waals surface area contributed by atoms with Crippen molar-refractivity contribution >= 4 is 10.0 Å². The van der Waals surface area contributed by atoms with Crippen LogP contribution in [0.25, 0.3) is 0 Å². The van der Waals surface area contributed by atoms with E-state index < -0.39 is 15.8 Å². The lowest BCUT2D eigenvalue weighted by Crippen LogP contribution is -2.56. The Bertz CT molecular complexity index is 532. The fraction of sp³-hybridized carbons (Fsp3) is 0.538. The van der Waals surface area contributed by atoms with Crippen LogP contribution < -0.4 is 0 Å². The van der Waals surface area contributed by atoms with E-state index in [1.165, 1.54) is 28.6 Å². The summed E-state index contributed by atoms with van der Waals surface area (Å²) in [7, 11) is -1.53. The Balaban J connectivity index is 2.27. The molecule has 2 rings (SSSR count). The molecule has 0 amide bonds. The topological polar surface area (TPSA) is 40.6 Å². The van der Waals surface area contributed by atoms with Gasteiger partial charge in [-0.3, -0.25) is 4.90 Å². The van der Waals surface area contributed by atoms with Gasteiger partial charge in [-0.25, -0.2) is 12.8 Å². The fourth-order valence-electron chi connectivity index (χ4n) is 2.31. The Morgan fingerprint density at radius 1 is 1.11 bits per heavy atom. The summed E-state index contributed by atoms with van der Waals surface area (Å²) in [6, 6.07) is 5.32. The van der Waals surface area contributed by atoms with E-state index in [0.29, 0.717) is 13.1 Å². The lowest BCUT2D eigenvalue weighted by Gasteiger charge is -2.41. The minimum absolute atomic E-state index is 0.151. The van der Waals surface area contributed by atoms with Crippen molar-refractivity contribution in [1.29, 1.82) is 0 Å². The van der Waals surface area contributed by atoms with E-state index in [9.17, 15) is 12.8 Å². The molecule has 6 heteroatoms. The normalized spacial score (nSPS) is 26.5. The van der Waals surface area contributed by atoms with Gasteiger partial charge >= 0.3 is 0 Å². The molecular formula is C13H19FN2O2S. The van der Waals surface area contributed by atoms with Crippen molar-refractivity contribution in [3.05, 3.63) is 30.1 Å². The van der Waals surface area contributed by atoms with E-state index >= 15 is 0 Å². The minimum Gasteiger partial charge on any atom is -0.298 e. The molecule has 0 aromatic heterocycles. The molecule has 1 fully saturated rings. The number of likely N-dealkylation sites (N-methyl/N-ethyl adjacent to an activating group) is 1. The molecule has 106 valence electrons. The van der Waals surface area contributed by atoms with Gasteiger partial charge in [0.15, 0.2) is 0 Å². The third kappa shape index (κ3) is 2.80. The Hall–Kier alpha value is -0.980. The highest BCUT2D eigenvalue weighted by atomic mass is 32.2. The number of benzene rings is 1. The van der Waals surface area contributed by atoms with Crippen molar-refractivity contribution < 1.29 is 12.8 Å². The number of halogens is 1. The number of hydrogen-bond donors (Lipinski definition) is 0. The zero-order valence-electron chi connectivity index (χ0n) is 11.4. The Morgan fingerprint density at radius 2 is 1.58 bits per heavy atom. The average molecular weight is 286 g/mol. The van der Waals surface area contributed by atoms with Crippen molar-refractivity contribution in [2.24, 2.45) is 0 Å². The largest absolute Gasteiger partial charge is 0.298 e. The molecule has 0 aliphatic carbocycles. The van der Waals surface area contributed by atoms with E-state index in [4.69, 9.17) is 0 Å². The summed E-state index contributed by atoms with van der Waals surface area (Å²) < 4.78 is 39.3. The molecule has 1 aromatic carbocycles. The van der Waals surface area contributed by atoms with Crippen molar-refractivity contribution in [1.82, 2.24) is 9.21 Å². The second-order valence-corrected chi connectivity index (χ2v) is 7.08. The van der Waals surface area contributed by atoms with Gasteiger partial charge in [0.05, 0.1) is 4.90 Å². The maximum atomic E-state index is 12.9. The molecule has 1 aliphatic heterocycles. The van der Waals surface area contributed by atoms with Crippen LogP contribution in [0, 0.1) is 5.82 Å². The first-order valence-corrected chi connectivity index (χ1v) is 7.74. The maximum absolute atomic E-state index is 12.9. The van der Waals surface area contributed by atoms with Crippen LogP contribution >= 0.6 is 0 Å². The smallest absolute Gasteiger partial charge is 0.243 e. The molecule has 0 saturated carbocycles. The van der Waals surface area contributed by atoms with Crippen LogP contribution in [-0.4, -0.2) is 49.8 Å². The summed E-state index contributed by atoms with van der Waals surface area (Å²) in [6.45, 7) is 4.92. The first kappa shape index (κ1) is 14.4. The molecule has 0 bridgehead atoms. The van der Waals surface area contributed by atoms with Crippen LogP contribution in [0.5, 0.6) is 0 Å². The van der Waals surface area contributed by atoms with Crippen molar-refractivity contribution in [3.8, 4) is 0 Å². The summed E-state index contributed by atoms with van der Waals surface area (Å²) in [6.07, 6.45) is 0.